The summed E-state index contributed by atoms with van der Waals surface area (Å²) in [6.45, 7) is 4.44. The third-order valence-electron chi connectivity index (χ3n) is 3.81. The van der Waals surface area contributed by atoms with Gasteiger partial charge in [0.1, 0.15) is 0 Å². The summed E-state index contributed by atoms with van der Waals surface area (Å²) in [5, 5.41) is 0.840. The highest BCUT2D eigenvalue weighted by molar-refractivity contribution is 6.30. The zero-order valence-electron chi connectivity index (χ0n) is 13.1. The van der Waals surface area contributed by atoms with Gasteiger partial charge in [0.05, 0.1) is 0 Å². The molecule has 0 unspecified atom stereocenters. The predicted octanol–water partition coefficient (Wildman–Crippen LogP) is 6.03. The summed E-state index contributed by atoms with van der Waals surface area (Å²) < 4.78 is 0. The van der Waals surface area contributed by atoms with Crippen molar-refractivity contribution in [2.24, 2.45) is 0 Å². The number of halogens is 1. The van der Waals surface area contributed by atoms with Crippen LogP contribution in [0.2, 0.25) is 5.02 Å². The number of unbranched alkanes of at least 4 members (excludes halogenated alkanes) is 1. The molecular weight excluding hydrogens is 276 g/mol. The van der Waals surface area contributed by atoms with Gasteiger partial charge >= 0.3 is 0 Å². The van der Waals surface area contributed by atoms with Crippen molar-refractivity contribution in [2.75, 3.05) is 0 Å². The molecule has 21 heavy (non-hydrogen) atoms. The second kappa shape index (κ2) is 8.24. The zero-order chi connectivity index (χ0) is 15.1. The fourth-order valence-electron chi connectivity index (χ4n) is 2.68. The van der Waals surface area contributed by atoms with Crippen LogP contribution < -0.4 is 0 Å². The minimum atomic E-state index is 0.840. The van der Waals surface area contributed by atoms with Gasteiger partial charge in [-0.1, -0.05) is 62.6 Å². The maximum absolute atomic E-state index is 6.13. The minimum Gasteiger partial charge on any atom is -0.0843 e. The van der Waals surface area contributed by atoms with E-state index in [0.717, 1.165) is 30.7 Å². The topological polar surface area (TPSA) is 0 Å². The molecule has 1 heteroatoms. The molecular formula is C20H24Cl. The fraction of sp³-hybridized carbons (Fsp3) is 0.400. The molecule has 0 aliphatic rings. The van der Waals surface area contributed by atoms with Gasteiger partial charge in [0.2, 0.25) is 0 Å². The van der Waals surface area contributed by atoms with Crippen molar-refractivity contribution in [1.29, 1.82) is 0 Å². The largest absolute Gasteiger partial charge is 0.0843 e. The molecule has 0 amide bonds. The summed E-state index contributed by atoms with van der Waals surface area (Å²) in [6.07, 6.45) is 6.83. The number of hydrogen-bond acceptors (Lipinski definition) is 0. The van der Waals surface area contributed by atoms with Gasteiger partial charge in [0, 0.05) is 5.02 Å². The second-order valence-electron chi connectivity index (χ2n) is 5.67. The first-order valence-electron chi connectivity index (χ1n) is 7.99. The lowest BCUT2D eigenvalue weighted by molar-refractivity contribution is 0.793. The molecule has 0 fully saturated rings. The van der Waals surface area contributed by atoms with Gasteiger partial charge in [0.15, 0.2) is 0 Å². The van der Waals surface area contributed by atoms with Crippen LogP contribution in [0.15, 0.2) is 36.4 Å². The van der Waals surface area contributed by atoms with Crippen LogP contribution in [-0.4, -0.2) is 0 Å². The normalized spacial score (nSPS) is 10.8. The summed E-state index contributed by atoms with van der Waals surface area (Å²) in [6, 6.07) is 16.2. The molecule has 2 aromatic carbocycles. The Bertz CT molecular complexity index is 572. The Hall–Kier alpha value is -1.27. The molecule has 1 radical (unpaired) electrons. The average molecular weight is 300 g/mol. The molecule has 0 atom stereocenters. The van der Waals surface area contributed by atoms with Crippen LogP contribution in [0.3, 0.4) is 0 Å². The summed E-state index contributed by atoms with van der Waals surface area (Å²) in [5.74, 6) is 0. The molecule has 0 saturated carbocycles. The van der Waals surface area contributed by atoms with Gasteiger partial charge < -0.3 is 0 Å². The van der Waals surface area contributed by atoms with E-state index in [1.807, 2.05) is 6.07 Å². The van der Waals surface area contributed by atoms with E-state index in [4.69, 9.17) is 11.6 Å². The third-order valence-corrected chi connectivity index (χ3v) is 4.04. The van der Waals surface area contributed by atoms with Crippen molar-refractivity contribution < 1.29 is 0 Å². The third kappa shape index (κ3) is 4.89. The molecule has 111 valence electrons. The lowest BCUT2D eigenvalue weighted by Gasteiger charge is -2.10. The van der Waals surface area contributed by atoms with Crippen LogP contribution in [0.1, 0.15) is 55.4 Å². The standard InChI is InChI=1S/C20H24Cl/c1-3-5-8-16-9-6-10-17(13-16)14-19-11-12-20(21)15-18(19)7-4-2/h6,10-13,15H,3-5,7-8,14H2,1-2H3. The molecule has 0 bridgehead atoms. The van der Waals surface area contributed by atoms with E-state index in [1.54, 1.807) is 0 Å². The SMILES string of the molecule is CCCCc1[c]ccc(Cc2ccc(Cl)cc2CCC)c1. The Balaban J connectivity index is 2.17. The van der Waals surface area contributed by atoms with Gasteiger partial charge in [0.25, 0.3) is 0 Å². The predicted molar refractivity (Wildman–Crippen MR) is 92.1 cm³/mol. The van der Waals surface area contributed by atoms with Gasteiger partial charge in [-0.25, -0.2) is 0 Å². The van der Waals surface area contributed by atoms with E-state index in [2.05, 4.69) is 50.2 Å². The van der Waals surface area contributed by atoms with E-state index in [0.29, 0.717) is 0 Å². The van der Waals surface area contributed by atoms with Crippen molar-refractivity contribution in [1.82, 2.24) is 0 Å². The minimum absolute atomic E-state index is 0.840. The van der Waals surface area contributed by atoms with E-state index in [1.165, 1.54) is 35.1 Å². The zero-order valence-corrected chi connectivity index (χ0v) is 13.8. The van der Waals surface area contributed by atoms with Crippen LogP contribution >= 0.6 is 11.6 Å². The maximum atomic E-state index is 6.13. The van der Waals surface area contributed by atoms with E-state index in [9.17, 15) is 0 Å². The number of hydrogen-bond donors (Lipinski definition) is 0. The van der Waals surface area contributed by atoms with Gasteiger partial charge in [-0.15, -0.1) is 0 Å². The Morgan fingerprint density at radius 2 is 1.81 bits per heavy atom. The maximum Gasteiger partial charge on any atom is 0.0408 e. The van der Waals surface area contributed by atoms with Crippen molar-refractivity contribution >= 4 is 11.6 Å². The van der Waals surface area contributed by atoms with E-state index >= 15 is 0 Å². The molecule has 0 nitrogen and oxygen atoms in total. The van der Waals surface area contributed by atoms with Crippen LogP contribution in [0, 0.1) is 6.07 Å². The number of rotatable bonds is 7. The van der Waals surface area contributed by atoms with Gasteiger partial charge in [-0.2, -0.15) is 0 Å². The first-order valence-corrected chi connectivity index (χ1v) is 8.37. The molecule has 2 rings (SSSR count). The van der Waals surface area contributed by atoms with Gasteiger partial charge in [-0.05, 0) is 66.1 Å². The number of benzene rings is 2. The number of aryl methyl sites for hydroxylation is 2. The van der Waals surface area contributed by atoms with Crippen molar-refractivity contribution in [3.05, 3.63) is 69.7 Å². The molecule has 0 N–H and O–H groups in total. The highest BCUT2D eigenvalue weighted by atomic mass is 35.5. The quantitative estimate of drug-likeness (QED) is 0.586. The van der Waals surface area contributed by atoms with Gasteiger partial charge in [-0.3, -0.25) is 0 Å². The molecule has 0 aliphatic carbocycles. The second-order valence-corrected chi connectivity index (χ2v) is 6.10. The van der Waals surface area contributed by atoms with Crippen LogP contribution in [0.25, 0.3) is 0 Å². The highest BCUT2D eigenvalue weighted by Gasteiger charge is 2.05. The molecule has 0 spiro atoms. The lowest BCUT2D eigenvalue weighted by atomic mass is 9.95. The fourth-order valence-corrected chi connectivity index (χ4v) is 2.87. The Morgan fingerprint density at radius 1 is 0.952 bits per heavy atom. The molecule has 2 aromatic rings. The summed E-state index contributed by atoms with van der Waals surface area (Å²) in [7, 11) is 0. The van der Waals surface area contributed by atoms with Crippen molar-refractivity contribution in [2.45, 2.75) is 52.4 Å². The monoisotopic (exact) mass is 299 g/mol. The van der Waals surface area contributed by atoms with Crippen LogP contribution in [0.5, 0.6) is 0 Å². The Morgan fingerprint density at radius 3 is 2.57 bits per heavy atom. The molecule has 0 heterocycles. The summed E-state index contributed by atoms with van der Waals surface area (Å²) >= 11 is 6.13. The highest BCUT2D eigenvalue weighted by Crippen LogP contribution is 2.21. The summed E-state index contributed by atoms with van der Waals surface area (Å²) in [5.41, 5.74) is 5.49. The van der Waals surface area contributed by atoms with E-state index in [-0.39, 0.29) is 0 Å². The van der Waals surface area contributed by atoms with Crippen LogP contribution in [0.4, 0.5) is 0 Å². The Kier molecular flexibility index (Phi) is 6.32. The first kappa shape index (κ1) is 16.1. The molecule has 0 aromatic heterocycles. The van der Waals surface area contributed by atoms with Crippen molar-refractivity contribution in [3.8, 4) is 0 Å². The smallest absolute Gasteiger partial charge is 0.0408 e. The van der Waals surface area contributed by atoms with Crippen LogP contribution in [-0.2, 0) is 19.3 Å². The van der Waals surface area contributed by atoms with E-state index < -0.39 is 0 Å². The van der Waals surface area contributed by atoms with Crippen molar-refractivity contribution in [3.63, 3.8) is 0 Å². The average Bonchev–Trinajstić information content (AvgIpc) is 2.49. The summed E-state index contributed by atoms with van der Waals surface area (Å²) in [4.78, 5) is 0. The lowest BCUT2D eigenvalue weighted by Crippen LogP contribution is -1.97. The first-order chi connectivity index (χ1) is 10.2. The Labute approximate surface area is 134 Å². The molecule has 0 aliphatic heterocycles. The molecule has 0 saturated heterocycles.